The van der Waals surface area contributed by atoms with Gasteiger partial charge in [-0.05, 0) is 31.2 Å². The van der Waals surface area contributed by atoms with Crippen LogP contribution in [0.2, 0.25) is 0 Å². The van der Waals surface area contributed by atoms with Crippen LogP contribution in [0.25, 0.3) is 0 Å². The Labute approximate surface area is 120 Å². The lowest BCUT2D eigenvalue weighted by atomic mass is 10.0. The molecule has 0 spiro atoms. The average molecular weight is 305 g/mol. The summed E-state index contributed by atoms with van der Waals surface area (Å²) in [5.74, 6) is 0.928. The number of hydrogen-bond donors (Lipinski definition) is 0. The molecule has 4 nitrogen and oxygen atoms in total. The highest BCUT2D eigenvalue weighted by Crippen LogP contribution is 2.24. The van der Waals surface area contributed by atoms with Crippen molar-refractivity contribution in [3.8, 4) is 0 Å². The Bertz CT molecular complexity index is 539. The lowest BCUT2D eigenvalue weighted by Gasteiger charge is -2.19. The highest BCUT2D eigenvalue weighted by Gasteiger charge is 2.27. The maximum absolute atomic E-state index is 12.6. The van der Waals surface area contributed by atoms with E-state index in [9.17, 15) is 8.42 Å². The van der Waals surface area contributed by atoms with Crippen LogP contribution >= 0.6 is 11.6 Å². The highest BCUT2D eigenvalue weighted by molar-refractivity contribution is 7.89. The lowest BCUT2D eigenvalue weighted by molar-refractivity contribution is 0.416. The van der Waals surface area contributed by atoms with Crippen molar-refractivity contribution in [2.45, 2.75) is 37.0 Å². The summed E-state index contributed by atoms with van der Waals surface area (Å²) >= 11 is 5.80. The zero-order valence-corrected chi connectivity index (χ0v) is 13.0. The van der Waals surface area contributed by atoms with Gasteiger partial charge >= 0.3 is 0 Å². The van der Waals surface area contributed by atoms with Crippen LogP contribution in [0, 0.1) is 5.92 Å². The van der Waals surface area contributed by atoms with Crippen LogP contribution < -0.4 is 0 Å². The summed E-state index contributed by atoms with van der Waals surface area (Å²) in [6.45, 7) is 3.43. The Morgan fingerprint density at radius 2 is 2.11 bits per heavy atom. The molecule has 0 bridgehead atoms. The highest BCUT2D eigenvalue weighted by atomic mass is 35.5. The molecule has 1 unspecified atom stereocenters. The summed E-state index contributed by atoms with van der Waals surface area (Å²) < 4.78 is 28.6. The smallest absolute Gasteiger partial charge is 0.244 e. The SMILES string of the molecule is CC1CCCN(S(=O)(=O)c2cc(CCl)n(C)c2)CC1. The van der Waals surface area contributed by atoms with Gasteiger partial charge < -0.3 is 4.57 Å². The fraction of sp³-hybridized carbons (Fsp3) is 0.692. The van der Waals surface area contributed by atoms with E-state index in [2.05, 4.69) is 6.92 Å². The molecule has 1 atom stereocenters. The third kappa shape index (κ3) is 3.15. The molecule has 6 heteroatoms. The molecule has 0 N–H and O–H groups in total. The van der Waals surface area contributed by atoms with E-state index in [0.29, 0.717) is 29.8 Å². The molecule has 1 aliphatic heterocycles. The van der Waals surface area contributed by atoms with Gasteiger partial charge in [-0.2, -0.15) is 4.31 Å². The summed E-state index contributed by atoms with van der Waals surface area (Å²) in [4.78, 5) is 0.361. The molecule has 0 saturated carbocycles. The van der Waals surface area contributed by atoms with Crippen molar-refractivity contribution < 1.29 is 8.42 Å². The maximum Gasteiger partial charge on any atom is 0.244 e. The van der Waals surface area contributed by atoms with Gasteiger partial charge in [0.1, 0.15) is 4.90 Å². The van der Waals surface area contributed by atoms with Crippen molar-refractivity contribution in [3.63, 3.8) is 0 Å². The second-order valence-electron chi connectivity index (χ2n) is 5.35. The van der Waals surface area contributed by atoms with Crippen molar-refractivity contribution in [2.24, 2.45) is 13.0 Å². The molecule has 0 radical (unpaired) electrons. The third-order valence-electron chi connectivity index (χ3n) is 3.83. The van der Waals surface area contributed by atoms with Crippen LogP contribution in [0.4, 0.5) is 0 Å². The molecule has 1 fully saturated rings. The first-order valence-electron chi connectivity index (χ1n) is 6.66. The first kappa shape index (κ1) is 14.9. The summed E-state index contributed by atoms with van der Waals surface area (Å²) in [5.41, 5.74) is 0.823. The Morgan fingerprint density at radius 1 is 1.37 bits per heavy atom. The Kier molecular flexibility index (Phi) is 4.58. The molecular formula is C13H21ClN2O2S. The van der Waals surface area contributed by atoms with Crippen LogP contribution in [0.15, 0.2) is 17.2 Å². The summed E-state index contributed by atoms with van der Waals surface area (Å²) in [6.07, 6.45) is 4.64. The zero-order chi connectivity index (χ0) is 14.0. The minimum atomic E-state index is -3.37. The first-order chi connectivity index (χ1) is 8.95. The molecule has 1 aromatic rings. The van der Waals surface area contributed by atoms with Gasteiger partial charge in [0.15, 0.2) is 0 Å². The van der Waals surface area contributed by atoms with Gasteiger partial charge in [-0.15, -0.1) is 11.6 Å². The maximum atomic E-state index is 12.6. The number of aromatic nitrogens is 1. The molecule has 0 aromatic carbocycles. The Hall–Kier alpha value is -0.520. The molecular weight excluding hydrogens is 284 g/mol. The van der Waals surface area contributed by atoms with Crippen LogP contribution in [-0.4, -0.2) is 30.4 Å². The van der Waals surface area contributed by atoms with Crippen molar-refractivity contribution in [1.82, 2.24) is 8.87 Å². The minimum absolute atomic E-state index is 0.322. The van der Waals surface area contributed by atoms with Gasteiger partial charge in [-0.3, -0.25) is 0 Å². The Morgan fingerprint density at radius 3 is 2.74 bits per heavy atom. The molecule has 108 valence electrons. The lowest BCUT2D eigenvalue weighted by Crippen LogP contribution is -2.31. The Balaban J connectivity index is 2.25. The fourth-order valence-electron chi connectivity index (χ4n) is 2.48. The van der Waals surface area contributed by atoms with Crippen LogP contribution in [0.1, 0.15) is 31.9 Å². The minimum Gasteiger partial charge on any atom is -0.352 e. The van der Waals surface area contributed by atoms with E-state index in [1.165, 1.54) is 0 Å². The van der Waals surface area contributed by atoms with E-state index < -0.39 is 10.0 Å². The molecule has 1 aromatic heterocycles. The van der Waals surface area contributed by atoms with Gasteiger partial charge in [0.2, 0.25) is 10.0 Å². The molecule has 19 heavy (non-hydrogen) atoms. The summed E-state index contributed by atoms with van der Waals surface area (Å²) in [7, 11) is -1.55. The topological polar surface area (TPSA) is 42.3 Å². The summed E-state index contributed by atoms with van der Waals surface area (Å²) in [6, 6.07) is 1.68. The fourth-order valence-corrected chi connectivity index (χ4v) is 4.33. The van der Waals surface area contributed by atoms with Gasteiger partial charge in [-0.1, -0.05) is 6.92 Å². The predicted molar refractivity (Wildman–Crippen MR) is 76.7 cm³/mol. The number of aryl methyl sites for hydroxylation is 1. The molecule has 2 heterocycles. The van der Waals surface area contributed by atoms with Crippen LogP contribution in [0.3, 0.4) is 0 Å². The van der Waals surface area contributed by atoms with Crippen molar-refractivity contribution >= 4 is 21.6 Å². The van der Waals surface area contributed by atoms with Crippen molar-refractivity contribution in [2.75, 3.05) is 13.1 Å². The van der Waals surface area contributed by atoms with Crippen molar-refractivity contribution in [1.29, 1.82) is 0 Å². The number of hydrogen-bond acceptors (Lipinski definition) is 2. The van der Waals surface area contributed by atoms with Gasteiger partial charge in [0.05, 0.1) is 5.88 Å². The van der Waals surface area contributed by atoms with Crippen LogP contribution in [0.5, 0.6) is 0 Å². The number of nitrogens with zero attached hydrogens (tertiary/aromatic N) is 2. The first-order valence-corrected chi connectivity index (χ1v) is 8.64. The van der Waals surface area contributed by atoms with E-state index in [1.807, 2.05) is 7.05 Å². The normalized spacial score (nSPS) is 22.4. The van der Waals surface area contributed by atoms with Crippen LogP contribution in [-0.2, 0) is 23.0 Å². The van der Waals surface area contributed by atoms with Crippen molar-refractivity contribution in [3.05, 3.63) is 18.0 Å². The second-order valence-corrected chi connectivity index (χ2v) is 7.56. The van der Waals surface area contributed by atoms with Gasteiger partial charge in [0, 0.05) is 32.0 Å². The monoisotopic (exact) mass is 304 g/mol. The van der Waals surface area contributed by atoms with Gasteiger partial charge in [0.25, 0.3) is 0 Å². The zero-order valence-electron chi connectivity index (χ0n) is 11.5. The van der Waals surface area contributed by atoms with E-state index in [-0.39, 0.29) is 0 Å². The molecule has 0 amide bonds. The number of rotatable bonds is 3. The second kappa shape index (κ2) is 5.85. The number of alkyl halides is 1. The molecule has 1 aliphatic rings. The van der Waals surface area contributed by atoms with E-state index in [1.54, 1.807) is 21.1 Å². The van der Waals surface area contributed by atoms with Gasteiger partial charge in [-0.25, -0.2) is 8.42 Å². The summed E-state index contributed by atoms with van der Waals surface area (Å²) in [5, 5.41) is 0. The quantitative estimate of drug-likeness (QED) is 0.806. The molecule has 1 saturated heterocycles. The van der Waals surface area contributed by atoms with E-state index >= 15 is 0 Å². The standard InChI is InChI=1S/C13H21ClN2O2S/c1-11-4-3-6-16(7-5-11)19(17,18)13-8-12(9-14)15(2)10-13/h8,10-11H,3-7,9H2,1-2H3. The largest absolute Gasteiger partial charge is 0.352 e. The van der Waals surface area contributed by atoms with E-state index in [0.717, 1.165) is 25.0 Å². The average Bonchev–Trinajstić information content (AvgIpc) is 2.60. The third-order valence-corrected chi connectivity index (χ3v) is 5.97. The number of halogens is 1. The predicted octanol–water partition coefficient (Wildman–Crippen LogP) is 2.57. The number of sulfonamides is 1. The molecule has 0 aliphatic carbocycles. The molecule has 2 rings (SSSR count). The van der Waals surface area contributed by atoms with E-state index in [4.69, 9.17) is 11.6 Å².